The van der Waals surface area contributed by atoms with E-state index in [2.05, 4.69) is 30.2 Å². The van der Waals surface area contributed by atoms with Gasteiger partial charge in [-0.15, -0.1) is 0 Å². The molecule has 0 amide bonds. The number of benzene rings is 1. The molecule has 160 valence electrons. The van der Waals surface area contributed by atoms with Gasteiger partial charge in [-0.3, -0.25) is 4.79 Å². The number of anilines is 1. The van der Waals surface area contributed by atoms with Crippen molar-refractivity contribution >= 4 is 16.6 Å². The van der Waals surface area contributed by atoms with Crippen LogP contribution in [0.25, 0.3) is 10.9 Å². The number of hydrogen-bond acceptors (Lipinski definition) is 3. The molecule has 30 heavy (non-hydrogen) atoms. The van der Waals surface area contributed by atoms with Crippen molar-refractivity contribution in [3.63, 3.8) is 0 Å². The maximum Gasteiger partial charge on any atom is 0.192 e. The van der Waals surface area contributed by atoms with E-state index in [0.717, 1.165) is 49.4 Å². The first-order valence-electron chi connectivity index (χ1n) is 11.7. The smallest absolute Gasteiger partial charge is 0.192 e. The van der Waals surface area contributed by atoms with Crippen molar-refractivity contribution in [1.29, 1.82) is 0 Å². The zero-order valence-corrected chi connectivity index (χ0v) is 18.3. The summed E-state index contributed by atoms with van der Waals surface area (Å²) in [7, 11) is 0. The van der Waals surface area contributed by atoms with E-state index < -0.39 is 0 Å². The molecule has 2 aliphatic carbocycles. The minimum absolute atomic E-state index is 0.0368. The number of aromatic nitrogens is 1. The molecule has 0 radical (unpaired) electrons. The van der Waals surface area contributed by atoms with Gasteiger partial charge in [0.25, 0.3) is 0 Å². The van der Waals surface area contributed by atoms with Crippen molar-refractivity contribution in [3.05, 3.63) is 33.9 Å². The van der Waals surface area contributed by atoms with Crippen LogP contribution >= 0.6 is 0 Å². The van der Waals surface area contributed by atoms with Gasteiger partial charge in [0, 0.05) is 24.8 Å². The highest BCUT2D eigenvalue weighted by Gasteiger charge is 2.72. The first kappa shape index (κ1) is 18.7. The van der Waals surface area contributed by atoms with Gasteiger partial charge in [0.1, 0.15) is 12.3 Å². The molecule has 5 heteroatoms. The Bertz CT molecular complexity index is 1120. The largest absolute Gasteiger partial charge is 0.487 e. The van der Waals surface area contributed by atoms with E-state index in [1.54, 1.807) is 0 Å². The number of hydrogen-bond donors (Lipinski definition) is 0. The molecule has 0 bridgehead atoms. The first-order chi connectivity index (χ1) is 14.4. The number of halogens is 1. The molecule has 1 saturated heterocycles. The van der Waals surface area contributed by atoms with Crippen molar-refractivity contribution in [2.75, 3.05) is 24.6 Å². The van der Waals surface area contributed by atoms with Gasteiger partial charge in [0.2, 0.25) is 0 Å². The lowest BCUT2D eigenvalue weighted by Crippen LogP contribution is -2.29. The second kappa shape index (κ2) is 6.02. The normalized spacial score (nSPS) is 33.5. The average Bonchev–Trinajstić information content (AvgIpc) is 3.25. The van der Waals surface area contributed by atoms with Crippen molar-refractivity contribution in [1.82, 2.24) is 4.57 Å². The lowest BCUT2D eigenvalue weighted by Gasteiger charge is -2.32. The Morgan fingerprint density at radius 1 is 1.33 bits per heavy atom. The molecule has 6 rings (SSSR count). The molecule has 1 spiro atoms. The number of nitrogens with zero attached hydrogens (tertiary/aromatic N) is 2. The zero-order valence-electron chi connectivity index (χ0n) is 18.3. The maximum atomic E-state index is 15.6. The summed E-state index contributed by atoms with van der Waals surface area (Å²) in [6, 6.07) is 1.61. The van der Waals surface area contributed by atoms with Crippen LogP contribution in [0, 0.1) is 22.6 Å². The summed E-state index contributed by atoms with van der Waals surface area (Å²) >= 11 is 0. The summed E-state index contributed by atoms with van der Waals surface area (Å²) < 4.78 is 23.9. The predicted molar refractivity (Wildman–Crippen MR) is 117 cm³/mol. The van der Waals surface area contributed by atoms with Gasteiger partial charge in [-0.1, -0.05) is 20.3 Å². The van der Waals surface area contributed by atoms with Crippen molar-refractivity contribution in [2.24, 2.45) is 16.7 Å². The van der Waals surface area contributed by atoms with Gasteiger partial charge in [-0.05, 0) is 61.8 Å². The third kappa shape index (κ3) is 2.24. The van der Waals surface area contributed by atoms with Crippen molar-refractivity contribution in [2.45, 2.75) is 65.3 Å². The Balaban J connectivity index is 1.53. The van der Waals surface area contributed by atoms with Gasteiger partial charge in [0.05, 0.1) is 16.9 Å². The van der Waals surface area contributed by atoms with Gasteiger partial charge < -0.3 is 14.2 Å². The van der Waals surface area contributed by atoms with Crippen LogP contribution in [-0.4, -0.2) is 24.3 Å². The molecule has 3 fully saturated rings. The SMILES string of the molecule is CCCCc1cn2c3c(c(N4CC5(C)CCC6CC65C4)c(F)cc3c1=O)OCC2C. The second-order valence-corrected chi connectivity index (χ2v) is 10.6. The summed E-state index contributed by atoms with van der Waals surface area (Å²) in [6.45, 7) is 8.93. The van der Waals surface area contributed by atoms with E-state index in [9.17, 15) is 4.79 Å². The molecule has 2 saturated carbocycles. The Hall–Kier alpha value is -2.04. The monoisotopic (exact) mass is 410 g/mol. The van der Waals surface area contributed by atoms with Crippen LogP contribution in [0.5, 0.6) is 5.75 Å². The van der Waals surface area contributed by atoms with Crippen LogP contribution in [0.3, 0.4) is 0 Å². The lowest BCUT2D eigenvalue weighted by molar-refractivity contribution is 0.246. The summed E-state index contributed by atoms with van der Waals surface area (Å²) in [6.07, 6.45) is 8.60. The molecular weight excluding hydrogens is 379 g/mol. The molecule has 4 atom stereocenters. The van der Waals surface area contributed by atoms with E-state index in [-0.39, 0.29) is 22.7 Å². The summed E-state index contributed by atoms with van der Waals surface area (Å²) in [5, 5.41) is 0.472. The van der Waals surface area contributed by atoms with Crippen LogP contribution in [0.2, 0.25) is 0 Å². The molecule has 4 aliphatic rings. The van der Waals surface area contributed by atoms with Gasteiger partial charge in [-0.25, -0.2) is 4.39 Å². The quantitative estimate of drug-likeness (QED) is 0.706. The van der Waals surface area contributed by atoms with Crippen LogP contribution in [0.4, 0.5) is 10.1 Å². The van der Waals surface area contributed by atoms with Crippen LogP contribution < -0.4 is 15.1 Å². The molecule has 2 aliphatic heterocycles. The standard InChI is InChI=1S/C25H31FN2O2/c1-4-5-6-16-11-28-15(2)12-30-23-20(28)18(22(16)29)9-19(26)21(23)27-13-24(3)8-7-17-10-25(17,24)14-27/h9,11,15,17H,4-8,10,12-14H2,1-3H3. The van der Waals surface area contributed by atoms with E-state index in [4.69, 9.17) is 4.74 Å². The molecule has 1 aromatic heterocycles. The number of unbranched alkanes of at least 4 members (excludes halogenated alkanes) is 1. The Labute approximate surface area is 177 Å². The van der Waals surface area contributed by atoms with E-state index in [0.29, 0.717) is 28.8 Å². The van der Waals surface area contributed by atoms with Crippen LogP contribution in [-0.2, 0) is 6.42 Å². The number of pyridine rings is 1. The Kier molecular flexibility index (Phi) is 3.75. The molecule has 3 heterocycles. The van der Waals surface area contributed by atoms with Gasteiger partial charge in [-0.2, -0.15) is 0 Å². The molecule has 1 aromatic carbocycles. The third-order valence-electron chi connectivity index (χ3n) is 8.82. The fourth-order valence-electron chi connectivity index (χ4n) is 6.95. The van der Waals surface area contributed by atoms with Gasteiger partial charge in [0.15, 0.2) is 17.0 Å². The fourth-order valence-corrected chi connectivity index (χ4v) is 6.95. The van der Waals surface area contributed by atoms with E-state index in [1.807, 2.05) is 6.20 Å². The predicted octanol–water partition coefficient (Wildman–Crippen LogP) is 5.06. The van der Waals surface area contributed by atoms with E-state index >= 15 is 4.39 Å². The number of aryl methyl sites for hydroxylation is 1. The van der Waals surface area contributed by atoms with Crippen molar-refractivity contribution in [3.8, 4) is 5.75 Å². The Morgan fingerprint density at radius 2 is 2.17 bits per heavy atom. The first-order valence-corrected chi connectivity index (χ1v) is 11.7. The molecule has 4 nitrogen and oxygen atoms in total. The highest BCUT2D eigenvalue weighted by Crippen LogP contribution is 2.75. The van der Waals surface area contributed by atoms with Crippen LogP contribution in [0.1, 0.15) is 64.5 Å². The minimum atomic E-state index is -0.305. The molecule has 4 unspecified atom stereocenters. The summed E-state index contributed by atoms with van der Waals surface area (Å²) in [5.41, 5.74) is 2.76. The number of rotatable bonds is 4. The van der Waals surface area contributed by atoms with E-state index in [1.165, 1.54) is 25.3 Å². The highest BCUT2D eigenvalue weighted by molar-refractivity contribution is 5.92. The van der Waals surface area contributed by atoms with Crippen molar-refractivity contribution < 1.29 is 9.13 Å². The summed E-state index contributed by atoms with van der Waals surface area (Å²) in [4.78, 5) is 15.4. The zero-order chi connectivity index (χ0) is 20.8. The van der Waals surface area contributed by atoms with Gasteiger partial charge >= 0.3 is 0 Å². The minimum Gasteiger partial charge on any atom is -0.487 e. The maximum absolute atomic E-state index is 15.6. The topological polar surface area (TPSA) is 34.5 Å². The van der Waals surface area contributed by atoms with Crippen LogP contribution in [0.15, 0.2) is 17.1 Å². The molecule has 0 N–H and O–H groups in total. The molecular formula is C25H31FN2O2. The highest BCUT2D eigenvalue weighted by atomic mass is 19.1. The second-order valence-electron chi connectivity index (χ2n) is 10.6. The lowest BCUT2D eigenvalue weighted by atomic mass is 9.78. The third-order valence-corrected chi connectivity index (χ3v) is 8.82. The number of ether oxygens (including phenoxy) is 1. The molecule has 2 aromatic rings. The fraction of sp³-hybridized carbons (Fsp3) is 0.640. The Morgan fingerprint density at radius 3 is 2.90 bits per heavy atom. The summed E-state index contributed by atoms with van der Waals surface area (Å²) in [5.74, 6) is 1.09. The average molecular weight is 411 g/mol.